The van der Waals surface area contributed by atoms with Crippen LogP contribution in [0.15, 0.2) is 114 Å². The van der Waals surface area contributed by atoms with Gasteiger partial charge in [0.25, 0.3) is 0 Å². The van der Waals surface area contributed by atoms with E-state index < -0.39 is 16.1 Å². The number of hydrogen-bond acceptors (Lipinski definition) is 4. The fourth-order valence-electron chi connectivity index (χ4n) is 4.94. The predicted molar refractivity (Wildman–Crippen MR) is 175 cm³/mol. The van der Waals surface area contributed by atoms with Crippen molar-refractivity contribution >= 4 is 33.4 Å². The Balaban J connectivity index is 1.55. The van der Waals surface area contributed by atoms with Gasteiger partial charge in [0, 0.05) is 37.5 Å². The fourth-order valence-corrected chi connectivity index (χ4v) is 6.10. The van der Waals surface area contributed by atoms with Crippen LogP contribution in [0.3, 0.4) is 0 Å². The molecular weight excluding hydrogens is 594 g/mol. The lowest BCUT2D eigenvalue weighted by atomic mass is 10.0. The van der Waals surface area contributed by atoms with Gasteiger partial charge in [0.15, 0.2) is 0 Å². The molecule has 2 amide bonds. The van der Waals surface area contributed by atoms with Crippen LogP contribution in [0.4, 0.5) is 0 Å². The summed E-state index contributed by atoms with van der Waals surface area (Å²) in [7, 11) is -3.56. The molecule has 1 unspecified atom stereocenters. The Kier molecular flexibility index (Phi) is 12.1. The number of carbonyl (C=O) groups excluding carboxylic acids is 2. The van der Waals surface area contributed by atoms with Gasteiger partial charge in [0.2, 0.25) is 21.8 Å². The number of benzene rings is 4. The third kappa shape index (κ3) is 9.77. The Morgan fingerprint density at radius 2 is 1.32 bits per heavy atom. The molecule has 1 atom stereocenters. The maximum Gasteiger partial charge on any atom is 0.243 e. The van der Waals surface area contributed by atoms with Gasteiger partial charge in [-0.1, -0.05) is 103 Å². The largest absolute Gasteiger partial charge is 0.354 e. The van der Waals surface area contributed by atoms with Crippen LogP contribution in [0.25, 0.3) is 0 Å². The van der Waals surface area contributed by atoms with Gasteiger partial charge in [-0.25, -0.2) is 13.1 Å². The van der Waals surface area contributed by atoms with E-state index in [9.17, 15) is 18.0 Å². The van der Waals surface area contributed by atoms with Crippen LogP contribution < -0.4 is 10.0 Å². The first-order valence-corrected chi connectivity index (χ1v) is 16.6. The molecule has 0 aromatic heterocycles. The van der Waals surface area contributed by atoms with Gasteiger partial charge < -0.3 is 10.2 Å². The molecule has 0 spiro atoms. The topological polar surface area (TPSA) is 95.6 Å². The van der Waals surface area contributed by atoms with Crippen LogP contribution in [-0.4, -0.2) is 44.3 Å². The second kappa shape index (κ2) is 16.2. The van der Waals surface area contributed by atoms with E-state index in [-0.39, 0.29) is 29.7 Å². The zero-order valence-electron chi connectivity index (χ0n) is 24.8. The molecule has 0 radical (unpaired) electrons. The molecule has 0 bridgehead atoms. The summed E-state index contributed by atoms with van der Waals surface area (Å²) in [4.78, 5) is 29.6. The van der Waals surface area contributed by atoms with E-state index in [4.69, 9.17) is 11.6 Å². The van der Waals surface area contributed by atoms with Crippen molar-refractivity contribution < 1.29 is 18.0 Å². The van der Waals surface area contributed by atoms with Gasteiger partial charge in [-0.3, -0.25) is 9.59 Å². The van der Waals surface area contributed by atoms with Gasteiger partial charge in [-0.2, -0.15) is 0 Å². The third-order valence-electron chi connectivity index (χ3n) is 7.29. The molecule has 0 heterocycles. The first-order chi connectivity index (χ1) is 21.2. The molecule has 7 nitrogen and oxygen atoms in total. The molecule has 4 aromatic rings. The number of aryl methyl sites for hydroxylation is 1. The Hall–Kier alpha value is -3.98. The summed E-state index contributed by atoms with van der Waals surface area (Å²) in [5.41, 5.74) is 3.75. The lowest BCUT2D eigenvalue weighted by molar-refractivity contribution is -0.141. The fraction of sp³-hybridized carbons (Fsp3) is 0.257. The number of sulfonamides is 1. The van der Waals surface area contributed by atoms with E-state index in [0.29, 0.717) is 37.4 Å². The zero-order chi connectivity index (χ0) is 31.4. The zero-order valence-corrected chi connectivity index (χ0v) is 26.4. The van der Waals surface area contributed by atoms with Gasteiger partial charge in [0.05, 0.1) is 4.90 Å². The van der Waals surface area contributed by atoms with Crippen molar-refractivity contribution in [1.82, 2.24) is 14.9 Å². The lowest BCUT2D eigenvalue weighted by Gasteiger charge is -2.32. The van der Waals surface area contributed by atoms with Crippen LogP contribution in [-0.2, 0) is 45.4 Å². The molecule has 4 aromatic carbocycles. The maximum atomic E-state index is 13.9. The maximum absolute atomic E-state index is 13.9. The van der Waals surface area contributed by atoms with Crippen molar-refractivity contribution in [2.24, 2.45) is 0 Å². The number of nitrogens with one attached hydrogen (secondary N) is 2. The van der Waals surface area contributed by atoms with Crippen LogP contribution in [0.2, 0.25) is 5.02 Å². The van der Waals surface area contributed by atoms with Crippen LogP contribution in [0.5, 0.6) is 0 Å². The van der Waals surface area contributed by atoms with Gasteiger partial charge in [-0.05, 0) is 59.4 Å². The molecule has 9 heteroatoms. The van der Waals surface area contributed by atoms with Gasteiger partial charge in [-0.15, -0.1) is 0 Å². The Morgan fingerprint density at radius 3 is 1.93 bits per heavy atom. The molecule has 0 saturated carbocycles. The van der Waals surface area contributed by atoms with Crippen molar-refractivity contribution in [3.05, 3.63) is 136 Å². The van der Waals surface area contributed by atoms with Crippen LogP contribution in [0, 0.1) is 0 Å². The minimum Gasteiger partial charge on any atom is -0.354 e. The summed E-state index contributed by atoms with van der Waals surface area (Å²) in [6.45, 7) is 2.70. The summed E-state index contributed by atoms with van der Waals surface area (Å²) in [6, 6.07) is 32.7. The molecule has 0 aliphatic heterocycles. The number of hydrogen-bond donors (Lipinski definition) is 2. The predicted octanol–water partition coefficient (Wildman–Crippen LogP) is 5.57. The molecule has 44 heavy (non-hydrogen) atoms. The highest BCUT2D eigenvalue weighted by molar-refractivity contribution is 7.89. The molecule has 0 aliphatic carbocycles. The first-order valence-electron chi connectivity index (χ1n) is 14.7. The summed E-state index contributed by atoms with van der Waals surface area (Å²) in [5, 5.41) is 3.66. The molecule has 0 fully saturated rings. The van der Waals surface area contributed by atoms with Gasteiger partial charge in [0.1, 0.15) is 6.04 Å². The summed E-state index contributed by atoms with van der Waals surface area (Å²) < 4.78 is 27.1. The Bertz CT molecular complexity index is 1600. The molecule has 2 N–H and O–H groups in total. The van der Waals surface area contributed by atoms with E-state index >= 15 is 0 Å². The molecular formula is C35H38ClN3O4S. The molecule has 0 aliphatic rings. The van der Waals surface area contributed by atoms with Crippen molar-refractivity contribution in [2.75, 3.05) is 13.1 Å². The summed E-state index contributed by atoms with van der Waals surface area (Å²) in [5.74, 6) is -0.395. The average molecular weight is 632 g/mol. The van der Waals surface area contributed by atoms with E-state index in [0.717, 1.165) is 22.3 Å². The minimum absolute atomic E-state index is 0.148. The smallest absolute Gasteiger partial charge is 0.243 e. The second-order valence-electron chi connectivity index (χ2n) is 10.5. The van der Waals surface area contributed by atoms with E-state index in [1.165, 1.54) is 0 Å². The number of rotatable bonds is 15. The Labute approximate surface area is 265 Å². The van der Waals surface area contributed by atoms with Crippen LogP contribution >= 0.6 is 11.6 Å². The van der Waals surface area contributed by atoms with E-state index in [1.807, 2.05) is 72.8 Å². The van der Waals surface area contributed by atoms with Crippen molar-refractivity contribution in [1.29, 1.82) is 0 Å². The number of nitrogens with zero attached hydrogens (tertiary/aromatic N) is 1. The second-order valence-corrected chi connectivity index (χ2v) is 12.7. The first kappa shape index (κ1) is 32.9. The number of halogens is 1. The normalized spacial score (nSPS) is 12.0. The highest BCUT2D eigenvalue weighted by Gasteiger charge is 2.30. The number of carbonyl (C=O) groups is 2. The Morgan fingerprint density at radius 1 is 0.750 bits per heavy atom. The van der Waals surface area contributed by atoms with E-state index in [2.05, 4.69) is 10.0 Å². The summed E-state index contributed by atoms with van der Waals surface area (Å²) in [6.07, 6.45) is 1.57. The summed E-state index contributed by atoms with van der Waals surface area (Å²) >= 11 is 6.13. The van der Waals surface area contributed by atoms with E-state index in [1.54, 1.807) is 48.2 Å². The van der Waals surface area contributed by atoms with Crippen molar-refractivity contribution in [3.8, 4) is 0 Å². The third-order valence-corrected chi connectivity index (χ3v) is 9.10. The molecule has 4 rings (SSSR count). The monoisotopic (exact) mass is 631 g/mol. The average Bonchev–Trinajstić information content (AvgIpc) is 3.03. The highest BCUT2D eigenvalue weighted by Crippen LogP contribution is 2.19. The highest BCUT2D eigenvalue weighted by atomic mass is 35.5. The quantitative estimate of drug-likeness (QED) is 0.179. The molecule has 0 saturated heterocycles. The number of amides is 2. The SMILES string of the molecule is CCNS(=O)(=O)c1ccc(CCC(=O)N(Cc2ccc(Cl)cc2)C(Cc2ccccc2)C(=O)NCCc2ccccc2)cc1. The van der Waals surface area contributed by atoms with Gasteiger partial charge >= 0.3 is 0 Å². The lowest BCUT2D eigenvalue weighted by Crippen LogP contribution is -2.50. The van der Waals surface area contributed by atoms with Crippen molar-refractivity contribution in [2.45, 2.75) is 50.1 Å². The standard InChI is InChI=1S/C35H38ClN3O4S/c1-2-38-44(42,43)32-20-15-28(16-21-32)17-22-34(40)39(26-30-13-18-31(36)19-14-30)33(25-29-11-7-4-8-12-29)35(41)37-24-23-27-9-5-3-6-10-27/h3-16,18-21,33,38H,2,17,22-26H2,1H3,(H,37,41). The minimum atomic E-state index is -3.56. The molecule has 230 valence electrons. The van der Waals surface area contributed by atoms with Crippen molar-refractivity contribution in [3.63, 3.8) is 0 Å². The van der Waals surface area contributed by atoms with Crippen LogP contribution in [0.1, 0.15) is 35.6 Å².